The third-order valence-corrected chi connectivity index (χ3v) is 6.32. The number of carbonyl (C=O) groups is 1. The van der Waals surface area contributed by atoms with Crippen LogP contribution in [0.15, 0.2) is 11.4 Å². The Kier molecular flexibility index (Phi) is 6.36. The van der Waals surface area contributed by atoms with Gasteiger partial charge in [-0.15, -0.1) is 11.3 Å². The van der Waals surface area contributed by atoms with E-state index in [1.165, 1.54) is 11.3 Å². The fraction of sp³-hybridized carbons (Fsp3) is 0.737. The molecule has 2 aliphatic rings. The van der Waals surface area contributed by atoms with E-state index in [9.17, 15) is 4.79 Å². The molecule has 5 nitrogen and oxygen atoms in total. The van der Waals surface area contributed by atoms with Crippen molar-refractivity contribution in [2.24, 2.45) is 5.92 Å². The summed E-state index contributed by atoms with van der Waals surface area (Å²) >= 11 is 1.47. The molecule has 0 aliphatic carbocycles. The predicted octanol–water partition coefficient (Wildman–Crippen LogP) is 3.58. The molecule has 1 aromatic rings. The van der Waals surface area contributed by atoms with Gasteiger partial charge in [0.15, 0.2) is 0 Å². The number of ether oxygens (including phenoxy) is 3. The molecule has 0 bridgehead atoms. The van der Waals surface area contributed by atoms with Crippen molar-refractivity contribution in [2.45, 2.75) is 45.1 Å². The van der Waals surface area contributed by atoms with E-state index in [0.29, 0.717) is 18.3 Å². The average Bonchev–Trinajstić information content (AvgIpc) is 3.24. The van der Waals surface area contributed by atoms with Gasteiger partial charge in [-0.3, -0.25) is 4.79 Å². The maximum Gasteiger partial charge on any atom is 0.267 e. The highest BCUT2D eigenvalue weighted by Crippen LogP contribution is 2.42. The first kappa shape index (κ1) is 18.7. The lowest BCUT2D eigenvalue weighted by atomic mass is 9.78. The van der Waals surface area contributed by atoms with Crippen LogP contribution in [0.25, 0.3) is 0 Å². The van der Waals surface area contributed by atoms with Crippen molar-refractivity contribution >= 4 is 17.2 Å². The molecule has 0 N–H and O–H groups in total. The van der Waals surface area contributed by atoms with Crippen LogP contribution in [0, 0.1) is 5.92 Å². The van der Waals surface area contributed by atoms with Gasteiger partial charge >= 0.3 is 0 Å². The van der Waals surface area contributed by atoms with Gasteiger partial charge < -0.3 is 19.1 Å². The highest BCUT2D eigenvalue weighted by atomic mass is 32.1. The fourth-order valence-corrected chi connectivity index (χ4v) is 4.87. The molecule has 0 saturated carbocycles. The van der Waals surface area contributed by atoms with E-state index in [1.54, 1.807) is 0 Å². The number of rotatable bonds is 7. The van der Waals surface area contributed by atoms with Crippen LogP contribution in [-0.2, 0) is 9.47 Å². The summed E-state index contributed by atoms with van der Waals surface area (Å²) in [6, 6.07) is 1.89. The number of hydrogen-bond donors (Lipinski definition) is 0. The van der Waals surface area contributed by atoms with Crippen LogP contribution in [0.5, 0.6) is 5.75 Å². The normalized spacial score (nSPS) is 22.5. The summed E-state index contributed by atoms with van der Waals surface area (Å²) in [5, 5.41) is 1.92. The van der Waals surface area contributed by atoms with Crippen LogP contribution in [0.2, 0.25) is 0 Å². The minimum atomic E-state index is -0.0495. The molecule has 3 heterocycles. The van der Waals surface area contributed by atoms with Crippen molar-refractivity contribution in [3.8, 4) is 5.75 Å². The van der Waals surface area contributed by atoms with Crippen molar-refractivity contribution in [3.63, 3.8) is 0 Å². The zero-order valence-corrected chi connectivity index (χ0v) is 16.1. The van der Waals surface area contributed by atoms with E-state index in [-0.39, 0.29) is 11.5 Å². The Balaban J connectivity index is 1.59. The molecule has 3 rings (SSSR count). The molecule has 25 heavy (non-hydrogen) atoms. The second-order valence-electron chi connectivity index (χ2n) is 6.72. The number of nitrogens with zero attached hydrogens (tertiary/aromatic N) is 1. The molecule has 2 saturated heterocycles. The van der Waals surface area contributed by atoms with E-state index in [2.05, 4.69) is 0 Å². The van der Waals surface area contributed by atoms with Gasteiger partial charge in [0.2, 0.25) is 0 Å². The quantitative estimate of drug-likeness (QED) is 0.691. The number of piperidine rings is 1. The van der Waals surface area contributed by atoms with Gasteiger partial charge in [0.05, 0.1) is 12.2 Å². The van der Waals surface area contributed by atoms with Gasteiger partial charge in [-0.25, -0.2) is 0 Å². The van der Waals surface area contributed by atoms with Crippen molar-refractivity contribution in [1.29, 1.82) is 0 Å². The van der Waals surface area contributed by atoms with Gasteiger partial charge in [-0.1, -0.05) is 0 Å². The molecule has 2 fully saturated rings. The number of likely N-dealkylation sites (tertiary alicyclic amines) is 1. The summed E-state index contributed by atoms with van der Waals surface area (Å²) in [7, 11) is 0. The van der Waals surface area contributed by atoms with Crippen molar-refractivity contribution in [2.75, 3.05) is 39.5 Å². The second-order valence-corrected chi connectivity index (χ2v) is 7.64. The first-order valence-electron chi connectivity index (χ1n) is 9.41. The monoisotopic (exact) mass is 367 g/mol. The first-order valence-corrected chi connectivity index (χ1v) is 10.3. The zero-order chi connectivity index (χ0) is 17.7. The zero-order valence-electron chi connectivity index (χ0n) is 15.3. The summed E-state index contributed by atoms with van der Waals surface area (Å²) in [6.07, 6.45) is 4.01. The van der Waals surface area contributed by atoms with E-state index in [0.717, 1.165) is 63.5 Å². The number of thiophene rings is 1. The predicted molar refractivity (Wildman–Crippen MR) is 98.5 cm³/mol. The van der Waals surface area contributed by atoms with Gasteiger partial charge in [0, 0.05) is 32.9 Å². The van der Waals surface area contributed by atoms with E-state index >= 15 is 0 Å². The van der Waals surface area contributed by atoms with Gasteiger partial charge in [0.25, 0.3) is 5.91 Å². The van der Waals surface area contributed by atoms with E-state index in [1.807, 2.05) is 30.2 Å². The maximum atomic E-state index is 12.8. The van der Waals surface area contributed by atoms with Crippen LogP contribution in [0.1, 0.15) is 49.2 Å². The number of amides is 1. The van der Waals surface area contributed by atoms with Crippen LogP contribution < -0.4 is 4.74 Å². The maximum absolute atomic E-state index is 12.8. The number of hydrogen-bond acceptors (Lipinski definition) is 5. The molecular formula is C19H29NO4S. The second kappa shape index (κ2) is 8.52. The van der Waals surface area contributed by atoms with E-state index < -0.39 is 0 Å². The first-order chi connectivity index (χ1) is 12.2. The Morgan fingerprint density at radius 2 is 2.16 bits per heavy atom. The molecule has 0 unspecified atom stereocenters. The summed E-state index contributed by atoms with van der Waals surface area (Å²) in [5.41, 5.74) is -0.0495. The highest BCUT2D eigenvalue weighted by molar-refractivity contribution is 7.12. The Bertz CT molecular complexity index is 566. The van der Waals surface area contributed by atoms with Gasteiger partial charge in [-0.2, -0.15) is 0 Å². The SMILES string of the molecule is CCOCC[C@@H]1CCOC12CCN(C(=O)c1sccc1OCC)CC2. The van der Waals surface area contributed by atoms with Gasteiger partial charge in [0.1, 0.15) is 10.6 Å². The van der Waals surface area contributed by atoms with Crippen LogP contribution >= 0.6 is 11.3 Å². The molecule has 140 valence electrons. The molecule has 1 amide bonds. The average molecular weight is 368 g/mol. The molecule has 0 radical (unpaired) electrons. The minimum absolute atomic E-state index is 0.0495. The third kappa shape index (κ3) is 4.01. The summed E-state index contributed by atoms with van der Waals surface area (Å²) in [4.78, 5) is 15.5. The van der Waals surface area contributed by atoms with Crippen LogP contribution in [0.3, 0.4) is 0 Å². The topological polar surface area (TPSA) is 48.0 Å². The van der Waals surface area contributed by atoms with E-state index in [4.69, 9.17) is 14.2 Å². The molecule has 1 spiro atoms. The molecule has 1 aromatic heterocycles. The standard InChI is InChI=1S/C19H29NO4S/c1-3-22-12-5-15-6-13-24-19(15)8-10-20(11-9-19)18(21)17-16(23-4-2)7-14-25-17/h7,14-15H,3-6,8-13H2,1-2H3/t15-/m1/s1. The minimum Gasteiger partial charge on any atom is -0.492 e. The molecule has 1 atom stereocenters. The fourth-order valence-electron chi connectivity index (χ4n) is 4.07. The third-order valence-electron chi connectivity index (χ3n) is 5.43. The largest absolute Gasteiger partial charge is 0.492 e. The molecule has 6 heteroatoms. The molecule has 0 aromatic carbocycles. The smallest absolute Gasteiger partial charge is 0.267 e. The summed E-state index contributed by atoms with van der Waals surface area (Å²) in [5.74, 6) is 1.36. The molecule has 2 aliphatic heterocycles. The lowest BCUT2D eigenvalue weighted by molar-refractivity contribution is -0.0668. The summed E-state index contributed by atoms with van der Waals surface area (Å²) in [6.45, 7) is 8.48. The Morgan fingerprint density at radius 1 is 1.36 bits per heavy atom. The summed E-state index contributed by atoms with van der Waals surface area (Å²) < 4.78 is 17.3. The van der Waals surface area contributed by atoms with Crippen LogP contribution in [-0.4, -0.2) is 55.9 Å². The lowest BCUT2D eigenvalue weighted by Crippen LogP contribution is -2.49. The molecular weight excluding hydrogens is 338 g/mol. The Hall–Kier alpha value is -1.11. The van der Waals surface area contributed by atoms with Crippen molar-refractivity contribution in [3.05, 3.63) is 16.3 Å². The van der Waals surface area contributed by atoms with Crippen LogP contribution in [0.4, 0.5) is 0 Å². The lowest BCUT2D eigenvalue weighted by Gasteiger charge is -2.42. The van der Waals surface area contributed by atoms with Crippen molar-refractivity contribution in [1.82, 2.24) is 4.90 Å². The van der Waals surface area contributed by atoms with Crippen molar-refractivity contribution < 1.29 is 19.0 Å². The van der Waals surface area contributed by atoms with Gasteiger partial charge in [-0.05, 0) is 56.9 Å². The highest BCUT2D eigenvalue weighted by Gasteiger charge is 2.46. The Morgan fingerprint density at radius 3 is 2.88 bits per heavy atom. The Labute approximate surface area is 154 Å². The number of carbonyl (C=O) groups excluding carboxylic acids is 1.